The molecule has 0 bridgehead atoms. The van der Waals surface area contributed by atoms with E-state index in [1.807, 2.05) is 0 Å². The Morgan fingerprint density at radius 3 is 2.41 bits per heavy atom. The van der Waals surface area contributed by atoms with Gasteiger partial charge in [0.15, 0.2) is 0 Å². The van der Waals surface area contributed by atoms with Gasteiger partial charge in [0.2, 0.25) is 0 Å². The molecule has 1 spiro atoms. The molecule has 0 aromatic heterocycles. The SMILES string of the molecule is CN1c2ccccc2C2(CCCCC2)C1C=Cc1ccc(N2CCOCC2)cc1. The van der Waals surface area contributed by atoms with E-state index >= 15 is 0 Å². The first-order valence-electron chi connectivity index (χ1n) is 11.2. The van der Waals surface area contributed by atoms with Gasteiger partial charge < -0.3 is 14.5 Å². The average molecular weight is 389 g/mol. The molecule has 3 nitrogen and oxygen atoms in total. The van der Waals surface area contributed by atoms with E-state index in [1.54, 1.807) is 5.56 Å². The smallest absolute Gasteiger partial charge is 0.0642 e. The van der Waals surface area contributed by atoms with Gasteiger partial charge in [-0.1, -0.05) is 61.7 Å². The van der Waals surface area contributed by atoms with E-state index in [0.717, 1.165) is 26.3 Å². The van der Waals surface area contributed by atoms with Gasteiger partial charge in [0.05, 0.1) is 19.3 Å². The van der Waals surface area contributed by atoms with E-state index < -0.39 is 0 Å². The maximum Gasteiger partial charge on any atom is 0.0642 e. The van der Waals surface area contributed by atoms with Gasteiger partial charge >= 0.3 is 0 Å². The molecule has 1 aliphatic carbocycles. The van der Waals surface area contributed by atoms with Crippen LogP contribution in [0.2, 0.25) is 0 Å². The van der Waals surface area contributed by atoms with Crippen LogP contribution in [-0.4, -0.2) is 39.4 Å². The Hall–Kier alpha value is -2.26. The highest BCUT2D eigenvalue weighted by molar-refractivity contribution is 5.67. The average Bonchev–Trinajstić information content (AvgIpc) is 3.01. The van der Waals surface area contributed by atoms with Crippen LogP contribution in [0.4, 0.5) is 11.4 Å². The number of hydrogen-bond donors (Lipinski definition) is 0. The van der Waals surface area contributed by atoms with Gasteiger partial charge in [-0.15, -0.1) is 0 Å². The Morgan fingerprint density at radius 1 is 0.931 bits per heavy atom. The van der Waals surface area contributed by atoms with Crippen LogP contribution in [0.1, 0.15) is 43.2 Å². The quantitative estimate of drug-likeness (QED) is 0.714. The third-order valence-electron chi connectivity index (χ3n) is 7.29. The maximum absolute atomic E-state index is 5.47. The molecule has 2 fully saturated rings. The second kappa shape index (κ2) is 7.87. The minimum absolute atomic E-state index is 0.286. The number of hydrogen-bond acceptors (Lipinski definition) is 3. The molecule has 2 aromatic rings. The van der Waals surface area contributed by atoms with Gasteiger partial charge in [-0.25, -0.2) is 0 Å². The lowest BCUT2D eigenvalue weighted by atomic mass is 9.66. The highest BCUT2D eigenvalue weighted by atomic mass is 16.5. The van der Waals surface area contributed by atoms with Crippen LogP contribution in [0.5, 0.6) is 0 Å². The van der Waals surface area contributed by atoms with Crippen LogP contribution in [0.15, 0.2) is 54.6 Å². The van der Waals surface area contributed by atoms with E-state index in [-0.39, 0.29) is 5.41 Å². The van der Waals surface area contributed by atoms with E-state index in [1.165, 1.54) is 49.0 Å². The van der Waals surface area contributed by atoms with E-state index in [9.17, 15) is 0 Å². The van der Waals surface area contributed by atoms with Gasteiger partial charge in [-0.3, -0.25) is 0 Å². The summed E-state index contributed by atoms with van der Waals surface area (Å²) in [7, 11) is 2.28. The normalized spacial score (nSPS) is 23.7. The molecule has 2 heterocycles. The van der Waals surface area contributed by atoms with Crippen molar-refractivity contribution in [2.24, 2.45) is 0 Å². The summed E-state index contributed by atoms with van der Waals surface area (Å²) in [6, 6.07) is 18.6. The Morgan fingerprint density at radius 2 is 1.66 bits per heavy atom. The molecule has 5 rings (SSSR count). The zero-order valence-corrected chi connectivity index (χ0v) is 17.5. The molecule has 3 aliphatic rings. The van der Waals surface area contributed by atoms with Crippen LogP contribution in [0.3, 0.4) is 0 Å². The van der Waals surface area contributed by atoms with Crippen LogP contribution >= 0.6 is 0 Å². The van der Waals surface area contributed by atoms with Crippen molar-refractivity contribution in [3.8, 4) is 0 Å². The number of ether oxygens (including phenoxy) is 1. The van der Waals surface area contributed by atoms with Crippen LogP contribution in [0, 0.1) is 0 Å². The van der Waals surface area contributed by atoms with Crippen molar-refractivity contribution in [2.75, 3.05) is 43.2 Å². The van der Waals surface area contributed by atoms with Gasteiger partial charge in [0, 0.05) is 36.9 Å². The first-order chi connectivity index (χ1) is 14.3. The molecule has 152 valence electrons. The molecule has 3 heteroatoms. The molecule has 2 aromatic carbocycles. The van der Waals surface area contributed by atoms with Crippen molar-refractivity contribution in [3.63, 3.8) is 0 Å². The van der Waals surface area contributed by atoms with Crippen molar-refractivity contribution >= 4 is 17.5 Å². The minimum Gasteiger partial charge on any atom is -0.378 e. The van der Waals surface area contributed by atoms with Crippen LogP contribution < -0.4 is 9.80 Å². The van der Waals surface area contributed by atoms with Crippen molar-refractivity contribution < 1.29 is 4.74 Å². The summed E-state index contributed by atoms with van der Waals surface area (Å²) in [4.78, 5) is 4.93. The summed E-state index contributed by atoms with van der Waals surface area (Å²) >= 11 is 0. The predicted molar refractivity (Wildman–Crippen MR) is 122 cm³/mol. The Kier molecular flexibility index (Phi) is 5.09. The lowest BCUT2D eigenvalue weighted by Crippen LogP contribution is -2.43. The van der Waals surface area contributed by atoms with Crippen molar-refractivity contribution in [1.82, 2.24) is 0 Å². The van der Waals surface area contributed by atoms with E-state index in [2.05, 4.69) is 77.5 Å². The summed E-state index contributed by atoms with van der Waals surface area (Å²) in [5.41, 5.74) is 5.87. The number of likely N-dealkylation sites (N-methyl/N-ethyl adjacent to an activating group) is 1. The molecule has 0 radical (unpaired) electrons. The first-order valence-corrected chi connectivity index (χ1v) is 11.2. The molecule has 1 unspecified atom stereocenters. The van der Waals surface area contributed by atoms with Gasteiger partial charge in [-0.2, -0.15) is 0 Å². The van der Waals surface area contributed by atoms with Crippen molar-refractivity contribution in [1.29, 1.82) is 0 Å². The Bertz CT molecular complexity index is 861. The highest BCUT2D eigenvalue weighted by Crippen LogP contribution is 2.52. The molecule has 1 saturated carbocycles. The first kappa shape index (κ1) is 18.7. The Labute approximate surface area is 175 Å². The third kappa shape index (κ3) is 3.36. The largest absolute Gasteiger partial charge is 0.378 e. The van der Waals surface area contributed by atoms with Crippen LogP contribution in [0.25, 0.3) is 6.08 Å². The summed E-state index contributed by atoms with van der Waals surface area (Å²) in [5, 5.41) is 0. The topological polar surface area (TPSA) is 15.7 Å². The number of para-hydroxylation sites is 1. The number of nitrogens with zero attached hydrogens (tertiary/aromatic N) is 2. The lowest BCUT2D eigenvalue weighted by molar-refractivity contribution is 0.122. The monoisotopic (exact) mass is 388 g/mol. The fourth-order valence-electron chi connectivity index (χ4n) is 5.76. The third-order valence-corrected chi connectivity index (χ3v) is 7.29. The molecule has 2 aliphatic heterocycles. The molecule has 0 N–H and O–H groups in total. The van der Waals surface area contributed by atoms with Gasteiger partial charge in [0.25, 0.3) is 0 Å². The molecule has 1 atom stereocenters. The summed E-state index contributed by atoms with van der Waals surface area (Å²) in [6.07, 6.45) is 11.5. The van der Waals surface area contributed by atoms with Gasteiger partial charge in [0.1, 0.15) is 0 Å². The van der Waals surface area contributed by atoms with Gasteiger partial charge in [-0.05, 0) is 42.2 Å². The number of morpholine rings is 1. The fourth-order valence-corrected chi connectivity index (χ4v) is 5.76. The lowest BCUT2D eigenvalue weighted by Gasteiger charge is -2.40. The molecule has 1 saturated heterocycles. The van der Waals surface area contributed by atoms with E-state index in [0.29, 0.717) is 6.04 Å². The highest BCUT2D eigenvalue weighted by Gasteiger charge is 2.48. The van der Waals surface area contributed by atoms with E-state index in [4.69, 9.17) is 4.74 Å². The number of rotatable bonds is 3. The van der Waals surface area contributed by atoms with Crippen molar-refractivity contribution in [3.05, 3.63) is 65.7 Å². The standard InChI is InChI=1S/C26H32N2O/c1-27-24-8-4-3-7-23(24)26(15-5-2-6-16-26)25(27)14-11-21-9-12-22(13-10-21)28-17-19-29-20-18-28/h3-4,7-14,25H,2,5-6,15-20H2,1H3. The Balaban J connectivity index is 1.39. The fraction of sp³-hybridized carbons (Fsp3) is 0.462. The molecular formula is C26H32N2O. The zero-order valence-electron chi connectivity index (χ0n) is 17.5. The number of fused-ring (bicyclic) bond motifs is 2. The zero-order chi connectivity index (χ0) is 19.7. The minimum atomic E-state index is 0.286. The summed E-state index contributed by atoms with van der Waals surface area (Å²) < 4.78 is 5.47. The summed E-state index contributed by atoms with van der Waals surface area (Å²) in [5.74, 6) is 0. The molecule has 29 heavy (non-hydrogen) atoms. The summed E-state index contributed by atoms with van der Waals surface area (Å²) in [6.45, 7) is 3.64. The second-order valence-corrected chi connectivity index (χ2v) is 8.84. The van der Waals surface area contributed by atoms with Crippen LogP contribution in [-0.2, 0) is 10.2 Å². The second-order valence-electron chi connectivity index (χ2n) is 8.84. The number of anilines is 2. The van der Waals surface area contributed by atoms with Crippen molar-refractivity contribution in [2.45, 2.75) is 43.6 Å². The predicted octanol–water partition coefficient (Wildman–Crippen LogP) is 5.26. The number of benzene rings is 2. The molecular weight excluding hydrogens is 356 g/mol. The molecule has 0 amide bonds. The maximum atomic E-state index is 5.47.